The van der Waals surface area contributed by atoms with Gasteiger partial charge in [0.15, 0.2) is 0 Å². The Hall–Kier alpha value is -1.33. The van der Waals surface area contributed by atoms with Gasteiger partial charge in [-0.2, -0.15) is 0 Å². The number of rotatable bonds is 2. The third kappa shape index (κ3) is 2.19. The van der Waals surface area contributed by atoms with Crippen molar-refractivity contribution in [1.29, 1.82) is 0 Å². The number of fused-ring (bicyclic) bond motifs is 2. The van der Waals surface area contributed by atoms with Crippen molar-refractivity contribution in [1.82, 2.24) is 20.3 Å². The molecule has 2 N–H and O–H groups in total. The summed E-state index contributed by atoms with van der Waals surface area (Å²) in [6, 6.07) is 2.65. The van der Waals surface area contributed by atoms with Crippen molar-refractivity contribution in [2.45, 2.75) is 25.8 Å². The molecule has 4 rings (SSSR count). The molecule has 0 aromatic carbocycles. The molecule has 21 heavy (non-hydrogen) atoms. The zero-order valence-electron chi connectivity index (χ0n) is 12.5. The van der Waals surface area contributed by atoms with E-state index >= 15 is 0 Å². The van der Waals surface area contributed by atoms with Crippen LogP contribution < -0.4 is 10.2 Å². The van der Waals surface area contributed by atoms with Crippen LogP contribution in [0.25, 0.3) is 11.0 Å². The second kappa shape index (κ2) is 5.14. The number of aromatic amines is 1. The minimum atomic E-state index is 0. The Labute approximate surface area is 130 Å². The fourth-order valence-corrected chi connectivity index (χ4v) is 4.09. The van der Waals surface area contributed by atoms with Crippen LogP contribution in [-0.4, -0.2) is 41.1 Å². The molecule has 6 heteroatoms. The van der Waals surface area contributed by atoms with Gasteiger partial charge in [-0.05, 0) is 36.8 Å². The summed E-state index contributed by atoms with van der Waals surface area (Å²) in [4.78, 5) is 14.3. The summed E-state index contributed by atoms with van der Waals surface area (Å²) < 4.78 is 0. The van der Waals surface area contributed by atoms with Crippen LogP contribution in [0.1, 0.15) is 19.8 Å². The summed E-state index contributed by atoms with van der Waals surface area (Å²) in [5.41, 5.74) is 1.39. The Morgan fingerprint density at radius 3 is 3.05 bits per heavy atom. The van der Waals surface area contributed by atoms with Gasteiger partial charge in [-0.25, -0.2) is 9.97 Å². The largest absolute Gasteiger partial charge is 0.356 e. The maximum Gasteiger partial charge on any atom is 0.142 e. The van der Waals surface area contributed by atoms with E-state index in [0.29, 0.717) is 11.5 Å². The summed E-state index contributed by atoms with van der Waals surface area (Å²) >= 11 is 0. The van der Waals surface area contributed by atoms with Crippen molar-refractivity contribution < 1.29 is 0 Å². The Balaban J connectivity index is 0.00000132. The monoisotopic (exact) mass is 307 g/mol. The van der Waals surface area contributed by atoms with E-state index < -0.39 is 0 Å². The number of nitrogens with zero attached hydrogens (tertiary/aromatic N) is 3. The SMILES string of the molecule is CN(c1ncnc2[nH]ccc12)[C@@H]1C[C@H]2CNC[C@@]2(C)C1.Cl. The molecule has 114 valence electrons. The molecular formula is C15H22ClN5. The molecule has 1 aliphatic heterocycles. The third-order valence-corrected chi connectivity index (χ3v) is 5.38. The first-order valence-corrected chi connectivity index (χ1v) is 7.39. The lowest BCUT2D eigenvalue weighted by Crippen LogP contribution is -2.33. The normalized spacial score (nSPS) is 31.1. The summed E-state index contributed by atoms with van der Waals surface area (Å²) in [5, 5.41) is 4.66. The molecule has 0 spiro atoms. The van der Waals surface area contributed by atoms with Crippen molar-refractivity contribution in [2.24, 2.45) is 11.3 Å². The first-order valence-electron chi connectivity index (χ1n) is 7.39. The molecular weight excluding hydrogens is 286 g/mol. The average molecular weight is 308 g/mol. The molecule has 2 fully saturated rings. The van der Waals surface area contributed by atoms with Crippen LogP contribution in [0.2, 0.25) is 0 Å². The van der Waals surface area contributed by atoms with Crippen LogP contribution in [0.4, 0.5) is 5.82 Å². The van der Waals surface area contributed by atoms with E-state index in [4.69, 9.17) is 0 Å². The molecule has 0 bridgehead atoms. The third-order valence-electron chi connectivity index (χ3n) is 5.38. The molecule has 0 amide bonds. The Kier molecular flexibility index (Phi) is 3.58. The van der Waals surface area contributed by atoms with Crippen LogP contribution in [0, 0.1) is 11.3 Å². The number of aromatic nitrogens is 3. The highest BCUT2D eigenvalue weighted by Gasteiger charge is 2.48. The topological polar surface area (TPSA) is 56.8 Å². The van der Waals surface area contributed by atoms with Gasteiger partial charge in [0.2, 0.25) is 0 Å². The van der Waals surface area contributed by atoms with Crippen molar-refractivity contribution in [3.05, 3.63) is 18.6 Å². The number of anilines is 1. The number of nitrogens with one attached hydrogen (secondary N) is 2. The Morgan fingerprint density at radius 1 is 1.38 bits per heavy atom. The molecule has 2 aliphatic rings. The highest BCUT2D eigenvalue weighted by atomic mass is 35.5. The second-order valence-electron chi connectivity index (χ2n) is 6.62. The molecule has 0 unspecified atom stereocenters. The maximum atomic E-state index is 4.52. The van der Waals surface area contributed by atoms with Crippen LogP contribution in [0.5, 0.6) is 0 Å². The van der Waals surface area contributed by atoms with Crippen LogP contribution in [-0.2, 0) is 0 Å². The van der Waals surface area contributed by atoms with E-state index in [-0.39, 0.29) is 12.4 Å². The van der Waals surface area contributed by atoms with Crippen molar-refractivity contribution in [3.8, 4) is 0 Å². The predicted molar refractivity (Wildman–Crippen MR) is 87.0 cm³/mol. The molecule has 3 heterocycles. The highest BCUT2D eigenvalue weighted by molar-refractivity contribution is 5.87. The molecule has 2 aromatic rings. The first kappa shape index (κ1) is 14.6. The van der Waals surface area contributed by atoms with Crippen molar-refractivity contribution >= 4 is 29.3 Å². The van der Waals surface area contributed by atoms with Crippen LogP contribution in [0.15, 0.2) is 18.6 Å². The molecule has 5 nitrogen and oxygen atoms in total. The number of H-pyrrole nitrogens is 1. The molecule has 1 saturated heterocycles. The van der Waals surface area contributed by atoms with Gasteiger partial charge in [0, 0.05) is 25.8 Å². The second-order valence-corrected chi connectivity index (χ2v) is 6.62. The van der Waals surface area contributed by atoms with E-state index in [9.17, 15) is 0 Å². The highest BCUT2D eigenvalue weighted by Crippen LogP contribution is 2.47. The quantitative estimate of drug-likeness (QED) is 0.893. The Bertz CT molecular complexity index is 642. The molecule has 2 aromatic heterocycles. The molecule has 0 radical (unpaired) electrons. The van der Waals surface area contributed by atoms with Gasteiger partial charge >= 0.3 is 0 Å². The number of hydrogen-bond donors (Lipinski definition) is 2. The molecule has 3 atom stereocenters. The van der Waals surface area contributed by atoms with Gasteiger partial charge in [-0.3, -0.25) is 0 Å². The van der Waals surface area contributed by atoms with Gasteiger partial charge in [0.05, 0.1) is 5.39 Å². The van der Waals surface area contributed by atoms with Gasteiger partial charge in [-0.1, -0.05) is 6.92 Å². The lowest BCUT2D eigenvalue weighted by molar-refractivity contribution is 0.304. The molecule has 1 aliphatic carbocycles. The summed E-state index contributed by atoms with van der Waals surface area (Å²) in [5.74, 6) is 1.86. The Morgan fingerprint density at radius 2 is 2.24 bits per heavy atom. The zero-order chi connectivity index (χ0) is 13.7. The number of halogens is 1. The smallest absolute Gasteiger partial charge is 0.142 e. The average Bonchev–Trinajstić information content (AvgIpc) is 3.09. The minimum absolute atomic E-state index is 0. The van der Waals surface area contributed by atoms with Crippen molar-refractivity contribution in [3.63, 3.8) is 0 Å². The van der Waals surface area contributed by atoms with Gasteiger partial charge in [0.1, 0.15) is 17.8 Å². The standard InChI is InChI=1S/C15H21N5.ClH/c1-15-6-11(5-10(15)7-16-8-15)20(2)14-12-3-4-17-13(12)18-9-19-14;/h3-4,9-11,16H,5-8H2,1-2H3,(H,17,18,19);1H/t10-,11+,15+;/m0./s1. The van der Waals surface area contributed by atoms with E-state index in [1.807, 2.05) is 6.20 Å². The number of hydrogen-bond acceptors (Lipinski definition) is 4. The van der Waals surface area contributed by atoms with Gasteiger partial charge in [0.25, 0.3) is 0 Å². The van der Waals surface area contributed by atoms with E-state index in [2.05, 4.69) is 45.2 Å². The van der Waals surface area contributed by atoms with Gasteiger partial charge < -0.3 is 15.2 Å². The zero-order valence-corrected chi connectivity index (χ0v) is 13.3. The van der Waals surface area contributed by atoms with Crippen LogP contribution in [0.3, 0.4) is 0 Å². The summed E-state index contributed by atoms with van der Waals surface area (Å²) in [7, 11) is 2.18. The summed E-state index contributed by atoms with van der Waals surface area (Å²) in [6.07, 6.45) is 6.10. The maximum absolute atomic E-state index is 4.52. The van der Waals surface area contributed by atoms with E-state index in [1.165, 1.54) is 19.4 Å². The first-order chi connectivity index (χ1) is 9.67. The predicted octanol–water partition coefficient (Wildman–Crippen LogP) is 2.20. The molecule has 1 saturated carbocycles. The van der Waals surface area contributed by atoms with E-state index in [1.54, 1.807) is 6.33 Å². The lowest BCUT2D eigenvalue weighted by Gasteiger charge is -2.28. The minimum Gasteiger partial charge on any atom is -0.356 e. The fraction of sp³-hybridized carbons (Fsp3) is 0.600. The van der Waals surface area contributed by atoms with E-state index in [0.717, 1.165) is 29.3 Å². The fourth-order valence-electron chi connectivity index (χ4n) is 4.09. The lowest BCUT2D eigenvalue weighted by atomic mass is 9.83. The van der Waals surface area contributed by atoms with Crippen LogP contribution >= 0.6 is 12.4 Å². The summed E-state index contributed by atoms with van der Waals surface area (Å²) in [6.45, 7) is 4.76. The van der Waals surface area contributed by atoms with Crippen molar-refractivity contribution in [2.75, 3.05) is 25.0 Å². The van der Waals surface area contributed by atoms with Gasteiger partial charge in [-0.15, -0.1) is 12.4 Å².